The second-order valence-corrected chi connectivity index (χ2v) is 14.1. The molecule has 0 aliphatic rings. The number of hydrogen-bond donors (Lipinski definition) is 0. The van der Waals surface area contributed by atoms with Crippen LogP contribution in [0.4, 0.5) is 0 Å². The van der Waals surface area contributed by atoms with E-state index in [4.69, 9.17) is 14.4 Å². The molecular weight excluding hydrogens is 669 g/mol. The number of nitrogens with zero attached hydrogens (tertiary/aromatic N) is 2. The molecule has 0 spiro atoms. The zero-order valence-electron chi connectivity index (χ0n) is 29.8. The normalized spacial score (nSPS) is 11.6. The number of hydrogen-bond acceptors (Lipinski definition) is 3. The Labute approximate surface area is 317 Å². The maximum atomic E-state index is 6.95. The lowest BCUT2D eigenvalue weighted by molar-refractivity contribution is 0.670. The largest absolute Gasteiger partial charge is 0.455 e. The molecule has 11 aromatic rings. The molecule has 0 atom stereocenters. The molecule has 0 N–H and O–H groups in total. The second-order valence-electron chi connectivity index (χ2n) is 14.1. The summed E-state index contributed by atoms with van der Waals surface area (Å²) < 4.78 is 6.95. The molecule has 0 unspecified atom stereocenters. The monoisotopic (exact) mass is 700 g/mol. The van der Waals surface area contributed by atoms with Gasteiger partial charge in [-0.05, 0) is 79.3 Å². The highest BCUT2D eigenvalue weighted by atomic mass is 16.3. The highest BCUT2D eigenvalue weighted by Gasteiger charge is 2.21. The van der Waals surface area contributed by atoms with Crippen molar-refractivity contribution in [2.45, 2.75) is 0 Å². The van der Waals surface area contributed by atoms with Crippen LogP contribution in [-0.4, -0.2) is 9.97 Å². The average molecular weight is 701 g/mol. The third kappa shape index (κ3) is 5.20. The Morgan fingerprint density at radius 2 is 0.836 bits per heavy atom. The van der Waals surface area contributed by atoms with Crippen molar-refractivity contribution in [3.63, 3.8) is 0 Å². The van der Waals surface area contributed by atoms with E-state index in [0.29, 0.717) is 5.82 Å². The van der Waals surface area contributed by atoms with E-state index in [2.05, 4.69) is 182 Å². The molecule has 0 saturated heterocycles. The Balaban J connectivity index is 1.17. The summed E-state index contributed by atoms with van der Waals surface area (Å²) in [5, 5.41) is 9.18. The summed E-state index contributed by atoms with van der Waals surface area (Å²) in [6.07, 6.45) is 0. The molecule has 0 radical (unpaired) electrons. The smallest absolute Gasteiger partial charge is 0.161 e. The summed E-state index contributed by atoms with van der Waals surface area (Å²) in [5.41, 5.74) is 11.1. The van der Waals surface area contributed by atoms with Gasteiger partial charge in [-0.15, -0.1) is 0 Å². The molecule has 9 aromatic carbocycles. The third-order valence-corrected chi connectivity index (χ3v) is 10.9. The first-order valence-corrected chi connectivity index (χ1v) is 18.7. The molecule has 256 valence electrons. The SMILES string of the molecule is c1ccc(-c2cc(-c3ccccc3)nc(-c3ccc(-c4ccc(-c5cccc6ccccc56)c5oc6cc7ccccc7cc6c45)c4ccccc34)n2)cc1. The van der Waals surface area contributed by atoms with E-state index < -0.39 is 0 Å². The summed E-state index contributed by atoms with van der Waals surface area (Å²) in [6, 6.07) is 68.5. The molecule has 3 heteroatoms. The van der Waals surface area contributed by atoms with Gasteiger partial charge in [-0.1, -0.05) is 164 Å². The molecule has 11 rings (SSSR count). The van der Waals surface area contributed by atoms with Crippen LogP contribution in [0.5, 0.6) is 0 Å². The molecule has 0 saturated carbocycles. The Morgan fingerprint density at radius 1 is 0.327 bits per heavy atom. The molecule has 55 heavy (non-hydrogen) atoms. The lowest BCUT2D eigenvalue weighted by Crippen LogP contribution is -1.97. The number of furan rings is 1. The van der Waals surface area contributed by atoms with Crippen molar-refractivity contribution in [3.05, 3.63) is 194 Å². The van der Waals surface area contributed by atoms with E-state index in [1.54, 1.807) is 0 Å². The van der Waals surface area contributed by atoms with Gasteiger partial charge in [-0.25, -0.2) is 9.97 Å². The van der Waals surface area contributed by atoms with Crippen LogP contribution in [0.3, 0.4) is 0 Å². The van der Waals surface area contributed by atoms with Crippen molar-refractivity contribution in [3.8, 4) is 56.2 Å². The van der Waals surface area contributed by atoms with Crippen LogP contribution >= 0.6 is 0 Å². The van der Waals surface area contributed by atoms with E-state index in [9.17, 15) is 0 Å². The van der Waals surface area contributed by atoms with Crippen molar-refractivity contribution >= 4 is 54.3 Å². The van der Waals surface area contributed by atoms with Crippen LogP contribution in [0.15, 0.2) is 199 Å². The van der Waals surface area contributed by atoms with Gasteiger partial charge in [0.1, 0.15) is 11.2 Å². The van der Waals surface area contributed by atoms with Gasteiger partial charge >= 0.3 is 0 Å². The fourth-order valence-corrected chi connectivity index (χ4v) is 8.27. The van der Waals surface area contributed by atoms with Crippen molar-refractivity contribution in [1.29, 1.82) is 0 Å². The Bertz CT molecular complexity index is 3190. The Morgan fingerprint density at radius 3 is 1.55 bits per heavy atom. The van der Waals surface area contributed by atoms with Gasteiger partial charge in [0.2, 0.25) is 0 Å². The minimum atomic E-state index is 0.694. The second kappa shape index (κ2) is 12.6. The van der Waals surface area contributed by atoms with Crippen LogP contribution in [0.1, 0.15) is 0 Å². The molecule has 3 nitrogen and oxygen atoms in total. The van der Waals surface area contributed by atoms with Gasteiger partial charge in [0.05, 0.1) is 11.4 Å². The fraction of sp³-hybridized carbons (Fsp3) is 0. The predicted molar refractivity (Wildman–Crippen MR) is 229 cm³/mol. The highest BCUT2D eigenvalue weighted by molar-refractivity contribution is 6.22. The van der Waals surface area contributed by atoms with E-state index in [-0.39, 0.29) is 0 Å². The van der Waals surface area contributed by atoms with Crippen LogP contribution in [0.2, 0.25) is 0 Å². The predicted octanol–water partition coefficient (Wildman–Crippen LogP) is 14.2. The molecule has 0 bridgehead atoms. The van der Waals surface area contributed by atoms with E-state index >= 15 is 0 Å². The number of fused-ring (bicyclic) bond motifs is 6. The van der Waals surface area contributed by atoms with Crippen LogP contribution < -0.4 is 0 Å². The topological polar surface area (TPSA) is 38.9 Å². The first kappa shape index (κ1) is 31.2. The molecule has 0 amide bonds. The van der Waals surface area contributed by atoms with Crippen LogP contribution in [0.25, 0.3) is 110 Å². The first-order valence-electron chi connectivity index (χ1n) is 18.7. The maximum Gasteiger partial charge on any atom is 0.161 e. The van der Waals surface area contributed by atoms with Crippen molar-refractivity contribution in [2.24, 2.45) is 0 Å². The van der Waals surface area contributed by atoms with Crippen molar-refractivity contribution < 1.29 is 4.42 Å². The minimum absolute atomic E-state index is 0.694. The standard InChI is InChI=1S/C52H32N2O/c1-3-15-34(16-4-1)47-32-48(35-17-5-2-6-18-35)54-52(53-47)45-29-26-42(40-23-11-12-24-41(40)45)43-27-28-44(39-25-13-21-33-14-9-10-22-38(33)39)51-50(43)46-30-36-19-7-8-20-37(36)31-49(46)55-51/h1-32H. The van der Waals surface area contributed by atoms with Crippen molar-refractivity contribution in [1.82, 2.24) is 9.97 Å². The lowest BCUT2D eigenvalue weighted by Gasteiger charge is -2.15. The third-order valence-electron chi connectivity index (χ3n) is 10.9. The fourth-order valence-electron chi connectivity index (χ4n) is 8.27. The Kier molecular flexibility index (Phi) is 7.17. The van der Waals surface area contributed by atoms with Gasteiger partial charge in [0.25, 0.3) is 0 Å². The molecule has 2 aromatic heterocycles. The molecule has 0 fully saturated rings. The Hall–Kier alpha value is -7.36. The van der Waals surface area contributed by atoms with Crippen molar-refractivity contribution in [2.75, 3.05) is 0 Å². The van der Waals surface area contributed by atoms with Crippen LogP contribution in [0, 0.1) is 0 Å². The first-order chi connectivity index (χ1) is 27.3. The quantitative estimate of drug-likeness (QED) is 0.179. The summed E-state index contributed by atoms with van der Waals surface area (Å²) >= 11 is 0. The van der Waals surface area contributed by atoms with Gasteiger partial charge in [-0.3, -0.25) is 0 Å². The zero-order valence-corrected chi connectivity index (χ0v) is 29.8. The molecular formula is C52H32N2O. The maximum absolute atomic E-state index is 6.95. The van der Waals surface area contributed by atoms with Gasteiger partial charge in [0.15, 0.2) is 5.82 Å². The summed E-state index contributed by atoms with van der Waals surface area (Å²) in [4.78, 5) is 10.4. The molecule has 0 aliphatic carbocycles. The van der Waals surface area contributed by atoms with Gasteiger partial charge in [-0.2, -0.15) is 0 Å². The average Bonchev–Trinajstić information content (AvgIpc) is 3.63. The number of rotatable bonds is 5. The van der Waals surface area contributed by atoms with E-state index in [0.717, 1.165) is 88.4 Å². The summed E-state index contributed by atoms with van der Waals surface area (Å²) in [5.74, 6) is 0.694. The number of benzene rings is 9. The summed E-state index contributed by atoms with van der Waals surface area (Å²) in [7, 11) is 0. The summed E-state index contributed by atoms with van der Waals surface area (Å²) in [6.45, 7) is 0. The zero-order chi connectivity index (χ0) is 36.3. The lowest BCUT2D eigenvalue weighted by atomic mass is 9.89. The van der Waals surface area contributed by atoms with E-state index in [1.807, 2.05) is 12.1 Å². The molecule has 2 heterocycles. The number of aromatic nitrogens is 2. The van der Waals surface area contributed by atoms with Gasteiger partial charge in [0, 0.05) is 33.0 Å². The highest BCUT2D eigenvalue weighted by Crippen LogP contribution is 2.46. The molecule has 0 aliphatic heterocycles. The van der Waals surface area contributed by atoms with Gasteiger partial charge < -0.3 is 4.42 Å². The minimum Gasteiger partial charge on any atom is -0.455 e. The van der Waals surface area contributed by atoms with Crippen LogP contribution in [-0.2, 0) is 0 Å². The van der Waals surface area contributed by atoms with E-state index in [1.165, 1.54) is 16.2 Å².